The third-order valence-corrected chi connectivity index (χ3v) is 5.24. The number of fused-ring (bicyclic) bond motifs is 1. The summed E-state index contributed by atoms with van der Waals surface area (Å²) in [5.41, 5.74) is 3.95. The van der Waals surface area contributed by atoms with Crippen LogP contribution in [0, 0.1) is 0 Å². The first-order valence-electron chi connectivity index (χ1n) is 7.67. The van der Waals surface area contributed by atoms with Gasteiger partial charge in [-0.3, -0.25) is 4.79 Å². The third-order valence-electron chi connectivity index (χ3n) is 4.22. The smallest absolute Gasteiger partial charge is 0.223 e. The fraction of sp³-hybridized carbons (Fsp3) is 0.389. The zero-order valence-corrected chi connectivity index (χ0v) is 13.3. The molecule has 0 radical (unpaired) electrons. The van der Waals surface area contributed by atoms with Crippen LogP contribution in [-0.2, 0) is 30.6 Å². The third kappa shape index (κ3) is 3.35. The van der Waals surface area contributed by atoms with Gasteiger partial charge in [-0.05, 0) is 47.4 Å². The normalized spacial score (nSPS) is 14.0. The van der Waals surface area contributed by atoms with Crippen LogP contribution < -0.4 is 0 Å². The average molecular weight is 299 g/mol. The lowest BCUT2D eigenvalue weighted by atomic mass is 10.0. The number of benzene rings is 1. The number of hydrogen-bond acceptors (Lipinski definition) is 2. The van der Waals surface area contributed by atoms with Gasteiger partial charge in [0, 0.05) is 24.4 Å². The highest BCUT2D eigenvalue weighted by Crippen LogP contribution is 2.24. The van der Waals surface area contributed by atoms with Gasteiger partial charge in [0.15, 0.2) is 0 Å². The lowest BCUT2D eigenvalue weighted by Gasteiger charge is -2.27. The van der Waals surface area contributed by atoms with E-state index in [-0.39, 0.29) is 5.91 Å². The summed E-state index contributed by atoms with van der Waals surface area (Å²) in [5, 5.41) is 2.13. The van der Waals surface area contributed by atoms with E-state index in [0.29, 0.717) is 6.42 Å². The van der Waals surface area contributed by atoms with E-state index in [9.17, 15) is 4.79 Å². The second kappa shape index (κ2) is 6.44. The maximum atomic E-state index is 12.4. The molecule has 2 heterocycles. The van der Waals surface area contributed by atoms with Crippen molar-refractivity contribution in [3.05, 3.63) is 57.3 Å². The molecule has 21 heavy (non-hydrogen) atoms. The second-order valence-electron chi connectivity index (χ2n) is 5.60. The molecule has 0 saturated heterocycles. The van der Waals surface area contributed by atoms with Gasteiger partial charge in [0.1, 0.15) is 0 Å². The number of carbonyl (C=O) groups excluding carboxylic acids is 1. The quantitative estimate of drug-likeness (QED) is 0.840. The van der Waals surface area contributed by atoms with Gasteiger partial charge < -0.3 is 4.90 Å². The fourth-order valence-corrected chi connectivity index (χ4v) is 3.70. The van der Waals surface area contributed by atoms with Gasteiger partial charge in [0.2, 0.25) is 5.91 Å². The minimum atomic E-state index is 0.284. The first-order chi connectivity index (χ1) is 10.3. The molecule has 0 aliphatic carbocycles. The molecule has 0 bridgehead atoms. The summed E-state index contributed by atoms with van der Waals surface area (Å²) in [6, 6.07) is 10.8. The van der Waals surface area contributed by atoms with E-state index in [2.05, 4.69) is 42.6 Å². The summed E-state index contributed by atoms with van der Waals surface area (Å²) in [4.78, 5) is 15.8. The van der Waals surface area contributed by atoms with Gasteiger partial charge in [-0.2, -0.15) is 0 Å². The molecule has 0 spiro atoms. The van der Waals surface area contributed by atoms with Crippen molar-refractivity contribution in [1.29, 1.82) is 0 Å². The summed E-state index contributed by atoms with van der Waals surface area (Å²) in [7, 11) is 0. The van der Waals surface area contributed by atoms with E-state index in [4.69, 9.17) is 0 Å². The van der Waals surface area contributed by atoms with Gasteiger partial charge in [0.05, 0.1) is 0 Å². The van der Waals surface area contributed by atoms with Crippen molar-refractivity contribution in [2.45, 2.75) is 39.2 Å². The molecule has 0 unspecified atom stereocenters. The first kappa shape index (κ1) is 14.3. The van der Waals surface area contributed by atoms with E-state index in [1.165, 1.54) is 21.6 Å². The molecule has 3 heteroatoms. The van der Waals surface area contributed by atoms with Gasteiger partial charge in [-0.1, -0.05) is 31.2 Å². The first-order valence-corrected chi connectivity index (χ1v) is 8.55. The molecule has 3 rings (SSSR count). The molecule has 0 saturated carbocycles. The maximum absolute atomic E-state index is 12.4. The SMILES string of the molecule is CCc1ccc(CCC(=O)N2CCc3sccc3C2)cc1. The zero-order chi connectivity index (χ0) is 14.7. The summed E-state index contributed by atoms with van der Waals surface area (Å²) >= 11 is 1.81. The minimum absolute atomic E-state index is 0.284. The number of amides is 1. The Morgan fingerprint density at radius 2 is 1.95 bits per heavy atom. The molecule has 0 N–H and O–H groups in total. The highest BCUT2D eigenvalue weighted by molar-refractivity contribution is 7.10. The van der Waals surface area contributed by atoms with Crippen molar-refractivity contribution >= 4 is 17.2 Å². The Labute approximate surface area is 130 Å². The largest absolute Gasteiger partial charge is 0.338 e. The zero-order valence-electron chi connectivity index (χ0n) is 12.5. The summed E-state index contributed by atoms with van der Waals surface area (Å²) < 4.78 is 0. The Kier molecular flexibility index (Phi) is 4.39. The van der Waals surface area contributed by atoms with Crippen molar-refractivity contribution in [2.75, 3.05) is 6.54 Å². The molecule has 1 amide bonds. The predicted molar refractivity (Wildman–Crippen MR) is 87.6 cm³/mol. The molecular weight excluding hydrogens is 278 g/mol. The van der Waals surface area contributed by atoms with Crippen molar-refractivity contribution in [2.24, 2.45) is 0 Å². The van der Waals surface area contributed by atoms with E-state index in [0.717, 1.165) is 32.4 Å². The monoisotopic (exact) mass is 299 g/mol. The predicted octanol–water partition coefficient (Wildman–Crippen LogP) is 3.83. The lowest BCUT2D eigenvalue weighted by Crippen LogP contribution is -2.35. The maximum Gasteiger partial charge on any atom is 0.223 e. The van der Waals surface area contributed by atoms with Crippen molar-refractivity contribution in [3.8, 4) is 0 Å². The average Bonchev–Trinajstić information content (AvgIpc) is 3.00. The van der Waals surface area contributed by atoms with Crippen molar-refractivity contribution < 1.29 is 4.79 Å². The Hall–Kier alpha value is -1.61. The van der Waals surface area contributed by atoms with Crippen LogP contribution in [0.5, 0.6) is 0 Å². The number of carbonyl (C=O) groups is 1. The Morgan fingerprint density at radius 1 is 1.19 bits per heavy atom. The number of hydrogen-bond donors (Lipinski definition) is 0. The molecule has 0 fully saturated rings. The molecule has 0 atom stereocenters. The van der Waals surface area contributed by atoms with Gasteiger partial charge in [-0.25, -0.2) is 0 Å². The Balaban J connectivity index is 1.54. The molecule has 2 aromatic rings. The van der Waals surface area contributed by atoms with Crippen LogP contribution >= 0.6 is 11.3 Å². The molecule has 1 aliphatic heterocycles. The van der Waals surface area contributed by atoms with Crippen LogP contribution in [0.4, 0.5) is 0 Å². The number of thiophene rings is 1. The minimum Gasteiger partial charge on any atom is -0.338 e. The highest BCUT2D eigenvalue weighted by atomic mass is 32.1. The van der Waals surface area contributed by atoms with E-state index in [1.54, 1.807) is 0 Å². The second-order valence-corrected chi connectivity index (χ2v) is 6.61. The number of aryl methyl sites for hydroxylation is 2. The van der Waals surface area contributed by atoms with Crippen LogP contribution in [0.3, 0.4) is 0 Å². The van der Waals surface area contributed by atoms with E-state index < -0.39 is 0 Å². The van der Waals surface area contributed by atoms with Crippen LogP contribution in [-0.4, -0.2) is 17.4 Å². The number of nitrogens with zero attached hydrogens (tertiary/aromatic N) is 1. The summed E-state index contributed by atoms with van der Waals surface area (Å²) in [6.07, 6.45) is 3.54. The van der Waals surface area contributed by atoms with Crippen molar-refractivity contribution in [3.63, 3.8) is 0 Å². The molecule has 1 aromatic carbocycles. The van der Waals surface area contributed by atoms with Gasteiger partial charge in [-0.15, -0.1) is 11.3 Å². The topological polar surface area (TPSA) is 20.3 Å². The van der Waals surface area contributed by atoms with E-state index >= 15 is 0 Å². The van der Waals surface area contributed by atoms with Gasteiger partial charge >= 0.3 is 0 Å². The van der Waals surface area contributed by atoms with Crippen LogP contribution in [0.25, 0.3) is 0 Å². The van der Waals surface area contributed by atoms with Gasteiger partial charge in [0.25, 0.3) is 0 Å². The van der Waals surface area contributed by atoms with E-state index in [1.807, 2.05) is 16.2 Å². The Bertz CT molecular complexity index is 614. The molecule has 1 aromatic heterocycles. The summed E-state index contributed by atoms with van der Waals surface area (Å²) in [5.74, 6) is 0.284. The molecule has 2 nitrogen and oxygen atoms in total. The molecule has 110 valence electrons. The van der Waals surface area contributed by atoms with Crippen LogP contribution in [0.2, 0.25) is 0 Å². The Morgan fingerprint density at radius 3 is 2.71 bits per heavy atom. The fourth-order valence-electron chi connectivity index (χ4n) is 2.81. The van der Waals surface area contributed by atoms with Crippen LogP contribution in [0.15, 0.2) is 35.7 Å². The lowest BCUT2D eigenvalue weighted by molar-refractivity contribution is -0.132. The number of rotatable bonds is 4. The standard InChI is InChI=1S/C18H21NOS/c1-2-14-3-5-15(6-4-14)7-8-18(20)19-11-9-17-16(13-19)10-12-21-17/h3-6,10,12H,2,7-9,11,13H2,1H3. The molecular formula is C18H21NOS. The van der Waals surface area contributed by atoms with Crippen molar-refractivity contribution in [1.82, 2.24) is 4.90 Å². The van der Waals surface area contributed by atoms with Crippen LogP contribution in [0.1, 0.15) is 34.9 Å². The summed E-state index contributed by atoms with van der Waals surface area (Å²) in [6.45, 7) is 3.83. The molecule has 1 aliphatic rings. The highest BCUT2D eigenvalue weighted by Gasteiger charge is 2.20.